The van der Waals surface area contributed by atoms with Crippen LogP contribution in [0, 0.1) is 17.2 Å². The van der Waals surface area contributed by atoms with Gasteiger partial charge in [-0.15, -0.1) is 0 Å². The van der Waals surface area contributed by atoms with E-state index in [9.17, 15) is 18.3 Å². The number of carbonyl (C=O) groups is 1. The number of ether oxygens (including phenoxy) is 1. The molecule has 0 spiro atoms. The zero-order chi connectivity index (χ0) is 29.0. The summed E-state index contributed by atoms with van der Waals surface area (Å²) in [5.74, 6) is -0.751. The van der Waals surface area contributed by atoms with Gasteiger partial charge in [0.25, 0.3) is 0 Å². The SMILES string of the molecule is CCCC1(CCc2ccccc2)CC(O)=C(C(c2cccc(CS(=O)(=O)c3ccc(C#N)cc3)c2)C2CC2)C(=O)O1. The van der Waals surface area contributed by atoms with Crippen LogP contribution in [0.3, 0.4) is 0 Å². The summed E-state index contributed by atoms with van der Waals surface area (Å²) in [6.07, 6.45) is 5.01. The summed E-state index contributed by atoms with van der Waals surface area (Å²) in [5.41, 5.74) is 2.54. The van der Waals surface area contributed by atoms with Gasteiger partial charge in [-0.25, -0.2) is 13.2 Å². The lowest BCUT2D eigenvalue weighted by atomic mass is 9.79. The fourth-order valence-electron chi connectivity index (χ4n) is 6.01. The molecule has 212 valence electrons. The first-order valence-electron chi connectivity index (χ1n) is 14.2. The topological polar surface area (TPSA) is 104 Å². The number of hydrogen-bond acceptors (Lipinski definition) is 6. The number of aliphatic hydroxyl groups is 1. The molecule has 2 aliphatic rings. The molecule has 1 N–H and O–H groups in total. The van der Waals surface area contributed by atoms with E-state index in [0.29, 0.717) is 29.5 Å². The summed E-state index contributed by atoms with van der Waals surface area (Å²) in [4.78, 5) is 13.8. The van der Waals surface area contributed by atoms with Crippen molar-refractivity contribution in [3.05, 3.63) is 112 Å². The van der Waals surface area contributed by atoms with E-state index in [1.165, 1.54) is 24.3 Å². The molecule has 0 amide bonds. The molecule has 7 heteroatoms. The van der Waals surface area contributed by atoms with E-state index in [1.807, 2.05) is 36.4 Å². The van der Waals surface area contributed by atoms with E-state index >= 15 is 0 Å². The molecule has 6 nitrogen and oxygen atoms in total. The van der Waals surface area contributed by atoms with Crippen molar-refractivity contribution in [2.45, 2.75) is 74.0 Å². The molecule has 1 heterocycles. The first-order valence-corrected chi connectivity index (χ1v) is 15.9. The van der Waals surface area contributed by atoms with Gasteiger partial charge in [0, 0.05) is 12.3 Å². The Morgan fingerprint density at radius 2 is 1.71 bits per heavy atom. The molecule has 5 rings (SSSR count). The lowest BCUT2D eigenvalue weighted by Crippen LogP contribution is -2.42. The average molecular weight is 570 g/mol. The fraction of sp³-hybridized carbons (Fsp3) is 0.353. The van der Waals surface area contributed by atoms with Crippen molar-refractivity contribution in [1.82, 2.24) is 0 Å². The normalized spacial score (nSPS) is 19.9. The standard InChI is InChI=1S/C34H35NO5S/c1-2-18-34(19-17-24-7-4-3-5-8-24)21-30(36)32(33(37)40-34)31(27-13-14-27)28-10-6-9-26(20-28)23-41(38,39)29-15-11-25(22-35)12-16-29/h3-12,15-16,20,27,31,36H,2,13-14,17-19,21,23H2,1H3. The number of aliphatic hydroxyl groups excluding tert-OH is 1. The highest BCUT2D eigenvalue weighted by molar-refractivity contribution is 7.90. The van der Waals surface area contributed by atoms with Crippen LogP contribution >= 0.6 is 0 Å². The van der Waals surface area contributed by atoms with E-state index in [0.717, 1.165) is 36.8 Å². The minimum atomic E-state index is -3.65. The molecule has 3 aromatic rings. The Morgan fingerprint density at radius 1 is 1.00 bits per heavy atom. The van der Waals surface area contributed by atoms with Crippen LogP contribution in [0.5, 0.6) is 0 Å². The molecule has 1 saturated carbocycles. The number of carbonyl (C=O) groups excluding carboxylic acids is 1. The fourth-order valence-corrected chi connectivity index (χ4v) is 7.34. The molecule has 3 aromatic carbocycles. The van der Waals surface area contributed by atoms with Crippen LogP contribution in [0.25, 0.3) is 0 Å². The van der Waals surface area contributed by atoms with E-state index < -0.39 is 21.4 Å². The van der Waals surface area contributed by atoms with Crippen LogP contribution in [0.15, 0.2) is 95.1 Å². The monoisotopic (exact) mass is 569 g/mol. The molecule has 2 atom stereocenters. The number of esters is 1. The summed E-state index contributed by atoms with van der Waals surface area (Å²) in [5, 5.41) is 20.4. The third kappa shape index (κ3) is 6.55. The molecule has 0 radical (unpaired) electrons. The summed E-state index contributed by atoms with van der Waals surface area (Å²) >= 11 is 0. The number of hydrogen-bond donors (Lipinski definition) is 1. The number of benzene rings is 3. The summed E-state index contributed by atoms with van der Waals surface area (Å²) in [6, 6.07) is 25.3. The molecular weight excluding hydrogens is 534 g/mol. The maximum Gasteiger partial charge on any atom is 0.338 e. The highest BCUT2D eigenvalue weighted by Gasteiger charge is 2.47. The van der Waals surface area contributed by atoms with Gasteiger partial charge in [0.1, 0.15) is 11.4 Å². The zero-order valence-electron chi connectivity index (χ0n) is 23.3. The van der Waals surface area contributed by atoms with Gasteiger partial charge in [0.05, 0.1) is 27.9 Å². The largest absolute Gasteiger partial charge is 0.512 e. The second kappa shape index (κ2) is 11.9. The van der Waals surface area contributed by atoms with Crippen LogP contribution in [-0.4, -0.2) is 25.1 Å². The van der Waals surface area contributed by atoms with Crippen molar-refractivity contribution < 1.29 is 23.1 Å². The molecule has 1 fully saturated rings. The van der Waals surface area contributed by atoms with Crippen molar-refractivity contribution in [2.75, 3.05) is 0 Å². The summed E-state index contributed by atoms with van der Waals surface area (Å²) < 4.78 is 32.5. The molecule has 2 unspecified atom stereocenters. The molecule has 0 saturated heterocycles. The Kier molecular flexibility index (Phi) is 8.32. The van der Waals surface area contributed by atoms with Crippen LogP contribution in [-0.2, 0) is 31.5 Å². The van der Waals surface area contributed by atoms with Crippen LogP contribution in [0.4, 0.5) is 0 Å². The number of nitriles is 1. The lowest BCUT2D eigenvalue weighted by Gasteiger charge is -2.39. The van der Waals surface area contributed by atoms with Gasteiger partial charge < -0.3 is 9.84 Å². The Hall–Kier alpha value is -3.89. The van der Waals surface area contributed by atoms with Crippen molar-refractivity contribution in [2.24, 2.45) is 5.92 Å². The average Bonchev–Trinajstić information content (AvgIpc) is 3.80. The van der Waals surface area contributed by atoms with Crippen molar-refractivity contribution >= 4 is 15.8 Å². The highest BCUT2D eigenvalue weighted by Crippen LogP contribution is 2.50. The Labute approximate surface area is 242 Å². The number of cyclic esters (lactones) is 1. The number of aryl methyl sites for hydroxylation is 1. The van der Waals surface area contributed by atoms with Gasteiger partial charge >= 0.3 is 5.97 Å². The minimum Gasteiger partial charge on any atom is -0.512 e. The molecule has 41 heavy (non-hydrogen) atoms. The predicted molar refractivity (Wildman–Crippen MR) is 157 cm³/mol. The Morgan fingerprint density at radius 3 is 2.34 bits per heavy atom. The van der Waals surface area contributed by atoms with Gasteiger partial charge in [-0.2, -0.15) is 5.26 Å². The quantitative estimate of drug-likeness (QED) is 0.250. The predicted octanol–water partition coefficient (Wildman–Crippen LogP) is 6.96. The van der Waals surface area contributed by atoms with Gasteiger partial charge in [-0.1, -0.05) is 67.9 Å². The van der Waals surface area contributed by atoms with Gasteiger partial charge in [0.2, 0.25) is 0 Å². The van der Waals surface area contributed by atoms with Crippen LogP contribution < -0.4 is 0 Å². The van der Waals surface area contributed by atoms with Crippen molar-refractivity contribution in [3.63, 3.8) is 0 Å². The van der Waals surface area contributed by atoms with Gasteiger partial charge in [-0.3, -0.25) is 0 Å². The first-order chi connectivity index (χ1) is 19.7. The van der Waals surface area contributed by atoms with E-state index in [1.54, 1.807) is 12.1 Å². The second-order valence-electron chi connectivity index (χ2n) is 11.3. The lowest BCUT2D eigenvalue weighted by molar-refractivity contribution is -0.161. The van der Waals surface area contributed by atoms with Crippen LogP contribution in [0.2, 0.25) is 0 Å². The molecular formula is C34H35NO5S. The third-order valence-corrected chi connectivity index (χ3v) is 9.86. The van der Waals surface area contributed by atoms with E-state index in [2.05, 4.69) is 19.1 Å². The molecule has 1 aliphatic heterocycles. The minimum absolute atomic E-state index is 0.0928. The maximum atomic E-state index is 13.6. The first kappa shape index (κ1) is 28.6. The summed E-state index contributed by atoms with van der Waals surface area (Å²) in [6.45, 7) is 2.05. The van der Waals surface area contributed by atoms with Crippen LogP contribution in [0.1, 0.15) is 73.6 Å². The summed E-state index contributed by atoms with van der Waals surface area (Å²) in [7, 11) is -3.65. The van der Waals surface area contributed by atoms with Gasteiger partial charge in [0.15, 0.2) is 9.84 Å². The Bertz CT molecular complexity index is 1580. The number of rotatable bonds is 11. The van der Waals surface area contributed by atoms with Gasteiger partial charge in [-0.05, 0) is 79.0 Å². The van der Waals surface area contributed by atoms with Crippen molar-refractivity contribution in [3.8, 4) is 6.07 Å². The highest BCUT2D eigenvalue weighted by atomic mass is 32.2. The number of sulfone groups is 1. The second-order valence-corrected chi connectivity index (χ2v) is 13.3. The molecule has 0 aromatic heterocycles. The molecule has 1 aliphatic carbocycles. The zero-order valence-corrected chi connectivity index (χ0v) is 24.1. The van der Waals surface area contributed by atoms with E-state index in [4.69, 9.17) is 10.00 Å². The molecule has 0 bridgehead atoms. The maximum absolute atomic E-state index is 13.6. The van der Waals surface area contributed by atoms with Crippen molar-refractivity contribution in [1.29, 1.82) is 5.26 Å². The number of nitrogens with zero attached hydrogens (tertiary/aromatic N) is 1. The third-order valence-electron chi connectivity index (χ3n) is 8.16. The Balaban J connectivity index is 1.41. The van der Waals surface area contributed by atoms with E-state index in [-0.39, 0.29) is 34.7 Å². The smallest absolute Gasteiger partial charge is 0.338 e.